The number of nitrogens with one attached hydrogen (secondary N) is 1. The van der Waals surface area contributed by atoms with Crippen LogP contribution in [0.5, 0.6) is 5.75 Å². The van der Waals surface area contributed by atoms with Crippen molar-refractivity contribution in [2.24, 2.45) is 0 Å². The summed E-state index contributed by atoms with van der Waals surface area (Å²) < 4.78 is 0. The van der Waals surface area contributed by atoms with E-state index in [0.29, 0.717) is 5.75 Å². The number of aromatic amines is 1. The molecule has 1 aromatic heterocycles. The highest BCUT2D eigenvalue weighted by Crippen LogP contribution is 2.40. The molecule has 0 spiro atoms. The van der Waals surface area contributed by atoms with E-state index in [9.17, 15) is 5.11 Å². The first kappa shape index (κ1) is 15.7. The molecule has 1 aliphatic rings. The van der Waals surface area contributed by atoms with Gasteiger partial charge in [0, 0.05) is 33.8 Å². The van der Waals surface area contributed by atoms with Crippen LogP contribution in [0, 0.1) is 0 Å². The highest BCUT2D eigenvalue weighted by Gasteiger charge is 2.19. The standard InChI is InChI=1S/C13H10O.C12H9N/c14-13-7-3-6-11-10-5-2-1-4-9(10)8-12(11)13;1-3-7-11-9(5-1)10-6-2-4-8-12(10)13-11/h1-7,14H,8H2;1-8,13H. The van der Waals surface area contributed by atoms with Gasteiger partial charge in [0.15, 0.2) is 0 Å². The maximum Gasteiger partial charge on any atom is 0.119 e. The second-order valence-electron chi connectivity index (χ2n) is 6.85. The van der Waals surface area contributed by atoms with E-state index in [4.69, 9.17) is 0 Å². The van der Waals surface area contributed by atoms with Gasteiger partial charge in [-0.2, -0.15) is 0 Å². The second kappa shape index (κ2) is 6.33. The first-order chi connectivity index (χ1) is 13.3. The molecule has 5 aromatic rings. The average molecular weight is 349 g/mol. The first-order valence-corrected chi connectivity index (χ1v) is 9.16. The Kier molecular flexibility index (Phi) is 3.68. The first-order valence-electron chi connectivity index (χ1n) is 9.16. The highest BCUT2D eigenvalue weighted by molar-refractivity contribution is 6.06. The minimum Gasteiger partial charge on any atom is -0.508 e. The number of H-pyrrole nitrogens is 1. The Balaban J connectivity index is 0.000000119. The van der Waals surface area contributed by atoms with Gasteiger partial charge in [-0.25, -0.2) is 0 Å². The molecule has 0 saturated carbocycles. The summed E-state index contributed by atoms with van der Waals surface area (Å²) in [5.41, 5.74) is 7.24. The van der Waals surface area contributed by atoms with Crippen molar-refractivity contribution in [3.8, 4) is 16.9 Å². The van der Waals surface area contributed by atoms with Gasteiger partial charge in [0.25, 0.3) is 0 Å². The van der Waals surface area contributed by atoms with Gasteiger partial charge in [0.05, 0.1) is 0 Å². The molecule has 2 heteroatoms. The molecule has 1 aliphatic carbocycles. The summed E-state index contributed by atoms with van der Waals surface area (Å²) in [6.07, 6.45) is 0.859. The van der Waals surface area contributed by atoms with Crippen LogP contribution in [0.2, 0.25) is 0 Å². The van der Waals surface area contributed by atoms with Crippen LogP contribution in [0.25, 0.3) is 32.9 Å². The summed E-state index contributed by atoms with van der Waals surface area (Å²) in [5.74, 6) is 0.415. The zero-order valence-corrected chi connectivity index (χ0v) is 14.8. The molecule has 0 bridgehead atoms. The molecule has 27 heavy (non-hydrogen) atoms. The quantitative estimate of drug-likeness (QED) is 0.332. The fourth-order valence-electron chi connectivity index (χ4n) is 3.94. The van der Waals surface area contributed by atoms with Crippen LogP contribution < -0.4 is 0 Å². The molecule has 2 N–H and O–H groups in total. The summed E-state index contributed by atoms with van der Waals surface area (Å²) in [6.45, 7) is 0. The minimum atomic E-state index is 0.415. The SMILES string of the molecule is Oc1cccc2c1Cc1ccccc1-2.c1ccc2c(c1)[nH]c1ccccc12. The zero-order valence-electron chi connectivity index (χ0n) is 14.8. The van der Waals surface area contributed by atoms with Crippen LogP contribution >= 0.6 is 0 Å². The van der Waals surface area contributed by atoms with Crippen molar-refractivity contribution in [3.63, 3.8) is 0 Å². The van der Waals surface area contributed by atoms with E-state index in [1.165, 1.54) is 38.5 Å². The van der Waals surface area contributed by atoms with Crippen LogP contribution in [0.1, 0.15) is 11.1 Å². The number of aromatic nitrogens is 1. The van der Waals surface area contributed by atoms with Crippen molar-refractivity contribution in [1.82, 2.24) is 4.98 Å². The van der Waals surface area contributed by atoms with Gasteiger partial charge in [-0.1, -0.05) is 72.8 Å². The van der Waals surface area contributed by atoms with Crippen LogP contribution in [0.4, 0.5) is 0 Å². The maximum absolute atomic E-state index is 9.70. The zero-order chi connectivity index (χ0) is 18.2. The number of fused-ring (bicyclic) bond motifs is 6. The lowest BCUT2D eigenvalue weighted by Crippen LogP contribution is -1.80. The molecule has 1 heterocycles. The largest absolute Gasteiger partial charge is 0.508 e. The number of phenols is 1. The predicted molar refractivity (Wildman–Crippen MR) is 112 cm³/mol. The Morgan fingerprint density at radius 2 is 1.19 bits per heavy atom. The molecule has 6 rings (SSSR count). The summed E-state index contributed by atoms with van der Waals surface area (Å²) in [7, 11) is 0. The minimum absolute atomic E-state index is 0.415. The average Bonchev–Trinajstić information content (AvgIpc) is 3.28. The Labute approximate surface area is 157 Å². The predicted octanol–water partition coefficient (Wildman–Crippen LogP) is 6.28. The number of benzene rings is 4. The van der Waals surface area contributed by atoms with Crippen molar-refractivity contribution in [2.75, 3.05) is 0 Å². The molecule has 0 atom stereocenters. The van der Waals surface area contributed by atoms with Crippen molar-refractivity contribution in [2.45, 2.75) is 6.42 Å². The Morgan fingerprint density at radius 1 is 0.593 bits per heavy atom. The molecule has 0 aliphatic heterocycles. The van der Waals surface area contributed by atoms with Gasteiger partial charge in [0.1, 0.15) is 5.75 Å². The van der Waals surface area contributed by atoms with Crippen molar-refractivity contribution in [3.05, 3.63) is 102 Å². The lowest BCUT2D eigenvalue weighted by molar-refractivity contribution is 0.470. The Morgan fingerprint density at radius 3 is 1.93 bits per heavy atom. The lowest BCUT2D eigenvalue weighted by atomic mass is 10.1. The molecule has 0 radical (unpaired) electrons. The number of aromatic hydroxyl groups is 1. The third kappa shape index (κ3) is 2.67. The fraction of sp³-hybridized carbons (Fsp3) is 0.0400. The normalized spacial score (nSPS) is 11.7. The van der Waals surface area contributed by atoms with Crippen LogP contribution in [0.3, 0.4) is 0 Å². The van der Waals surface area contributed by atoms with Crippen molar-refractivity contribution >= 4 is 21.8 Å². The van der Waals surface area contributed by atoms with E-state index in [0.717, 1.165) is 12.0 Å². The summed E-state index contributed by atoms with van der Waals surface area (Å²) in [5, 5.41) is 12.3. The van der Waals surface area contributed by atoms with Crippen LogP contribution in [-0.4, -0.2) is 10.1 Å². The number of hydrogen-bond donors (Lipinski definition) is 2. The van der Waals surface area contributed by atoms with Gasteiger partial charge >= 0.3 is 0 Å². The van der Waals surface area contributed by atoms with Gasteiger partial charge in [0.2, 0.25) is 0 Å². The Hall–Kier alpha value is -3.52. The van der Waals surface area contributed by atoms with E-state index in [1.54, 1.807) is 6.07 Å². The smallest absolute Gasteiger partial charge is 0.119 e. The number of para-hydroxylation sites is 2. The van der Waals surface area contributed by atoms with Crippen LogP contribution in [0.15, 0.2) is 91.0 Å². The fourth-order valence-corrected chi connectivity index (χ4v) is 3.94. The van der Waals surface area contributed by atoms with Crippen molar-refractivity contribution < 1.29 is 5.11 Å². The number of phenolic OH excluding ortho intramolecular Hbond substituents is 1. The number of rotatable bonds is 0. The summed E-state index contributed by atoms with van der Waals surface area (Å²) in [6, 6.07) is 30.8. The highest BCUT2D eigenvalue weighted by atomic mass is 16.3. The van der Waals surface area contributed by atoms with Gasteiger partial charge < -0.3 is 10.1 Å². The number of hydrogen-bond acceptors (Lipinski definition) is 1. The molecular weight excluding hydrogens is 330 g/mol. The molecule has 4 aromatic carbocycles. The third-order valence-corrected chi connectivity index (χ3v) is 5.24. The topological polar surface area (TPSA) is 36.0 Å². The monoisotopic (exact) mass is 349 g/mol. The molecule has 0 saturated heterocycles. The molecule has 2 nitrogen and oxygen atoms in total. The lowest BCUT2D eigenvalue weighted by Gasteiger charge is -2.01. The summed E-state index contributed by atoms with van der Waals surface area (Å²) >= 11 is 0. The van der Waals surface area contributed by atoms with E-state index >= 15 is 0 Å². The molecule has 0 amide bonds. The molecule has 0 fully saturated rings. The van der Waals surface area contributed by atoms with E-state index in [1.807, 2.05) is 18.2 Å². The molecular formula is C25H19NO. The molecule has 0 unspecified atom stereocenters. The Bertz CT molecular complexity index is 1220. The maximum atomic E-state index is 9.70. The van der Waals surface area contributed by atoms with Crippen molar-refractivity contribution in [1.29, 1.82) is 0 Å². The summed E-state index contributed by atoms with van der Waals surface area (Å²) in [4.78, 5) is 3.38. The van der Waals surface area contributed by atoms with Gasteiger partial charge in [-0.3, -0.25) is 0 Å². The van der Waals surface area contributed by atoms with E-state index in [2.05, 4.69) is 71.7 Å². The molecule has 130 valence electrons. The van der Waals surface area contributed by atoms with Gasteiger partial charge in [-0.05, 0) is 34.9 Å². The van der Waals surface area contributed by atoms with E-state index < -0.39 is 0 Å². The third-order valence-electron chi connectivity index (χ3n) is 5.24. The van der Waals surface area contributed by atoms with E-state index in [-0.39, 0.29) is 0 Å². The van der Waals surface area contributed by atoms with Gasteiger partial charge in [-0.15, -0.1) is 0 Å². The second-order valence-corrected chi connectivity index (χ2v) is 6.85. The van der Waals surface area contributed by atoms with Crippen LogP contribution in [-0.2, 0) is 6.42 Å².